The molecule has 2 aromatic heterocycles. The molecular formula is C19H25N5O2. The summed E-state index contributed by atoms with van der Waals surface area (Å²) in [5.41, 5.74) is 1.79. The number of anilines is 1. The zero-order chi connectivity index (χ0) is 18.7. The molecule has 0 saturated carbocycles. The number of ether oxygens (including phenoxy) is 2. The summed E-state index contributed by atoms with van der Waals surface area (Å²) in [4.78, 5) is 0. The van der Waals surface area contributed by atoms with E-state index in [1.807, 2.05) is 30.3 Å². The normalized spacial score (nSPS) is 11.6. The van der Waals surface area contributed by atoms with Crippen LogP contribution in [0.15, 0.2) is 30.3 Å². The molecular weight excluding hydrogens is 330 g/mol. The van der Waals surface area contributed by atoms with Crippen molar-refractivity contribution in [2.45, 2.75) is 32.6 Å². The molecule has 7 heteroatoms. The van der Waals surface area contributed by atoms with E-state index in [9.17, 15) is 0 Å². The van der Waals surface area contributed by atoms with Gasteiger partial charge in [-0.15, -0.1) is 15.3 Å². The number of benzene rings is 1. The first kappa shape index (κ1) is 18.0. The smallest absolute Gasteiger partial charge is 0.178 e. The zero-order valence-corrected chi connectivity index (χ0v) is 15.9. The second kappa shape index (κ2) is 7.19. The van der Waals surface area contributed by atoms with Crippen LogP contribution in [-0.2, 0) is 11.8 Å². The Labute approximate surface area is 153 Å². The second-order valence-electron chi connectivity index (χ2n) is 7.13. The van der Waals surface area contributed by atoms with Crippen molar-refractivity contribution in [3.05, 3.63) is 41.7 Å². The number of methoxy groups -OCH3 is 2. The number of hydrogen-bond acceptors (Lipinski definition) is 6. The molecule has 0 aliphatic heterocycles. The predicted octanol–water partition coefficient (Wildman–Crippen LogP) is 3.09. The molecule has 0 aliphatic carbocycles. The minimum Gasteiger partial charge on any atom is -0.493 e. The Morgan fingerprint density at radius 3 is 2.46 bits per heavy atom. The molecule has 0 radical (unpaired) electrons. The monoisotopic (exact) mass is 355 g/mol. The van der Waals surface area contributed by atoms with E-state index in [4.69, 9.17) is 9.47 Å². The Morgan fingerprint density at radius 2 is 1.77 bits per heavy atom. The molecule has 1 N–H and O–H groups in total. The highest BCUT2D eigenvalue weighted by molar-refractivity contribution is 5.45. The van der Waals surface area contributed by atoms with Gasteiger partial charge < -0.3 is 14.8 Å². The first-order valence-corrected chi connectivity index (χ1v) is 8.60. The lowest BCUT2D eigenvalue weighted by Gasteiger charge is -2.15. The minimum absolute atomic E-state index is 0.120. The van der Waals surface area contributed by atoms with E-state index in [1.165, 1.54) is 0 Å². The van der Waals surface area contributed by atoms with E-state index in [0.29, 0.717) is 0 Å². The highest BCUT2D eigenvalue weighted by Gasteiger charge is 2.21. The van der Waals surface area contributed by atoms with E-state index in [0.717, 1.165) is 47.3 Å². The summed E-state index contributed by atoms with van der Waals surface area (Å²) in [5, 5.41) is 16.4. The predicted molar refractivity (Wildman–Crippen MR) is 101 cm³/mol. The average Bonchev–Trinajstić information content (AvgIpc) is 3.05. The van der Waals surface area contributed by atoms with Gasteiger partial charge in [0.1, 0.15) is 5.82 Å². The zero-order valence-electron chi connectivity index (χ0n) is 15.9. The van der Waals surface area contributed by atoms with Crippen LogP contribution >= 0.6 is 0 Å². The first-order chi connectivity index (χ1) is 12.4. The van der Waals surface area contributed by atoms with E-state index in [-0.39, 0.29) is 5.41 Å². The second-order valence-corrected chi connectivity index (χ2v) is 7.13. The number of fused-ring (bicyclic) bond motifs is 1. The molecule has 0 fully saturated rings. The van der Waals surface area contributed by atoms with Gasteiger partial charge in [0.05, 0.1) is 14.2 Å². The largest absolute Gasteiger partial charge is 0.493 e. The lowest BCUT2D eigenvalue weighted by Crippen LogP contribution is -2.18. The van der Waals surface area contributed by atoms with Gasteiger partial charge in [-0.1, -0.05) is 26.8 Å². The summed E-state index contributed by atoms with van der Waals surface area (Å²) >= 11 is 0. The maximum absolute atomic E-state index is 5.35. The van der Waals surface area contributed by atoms with Crippen LogP contribution in [0.25, 0.3) is 5.65 Å². The maximum atomic E-state index is 5.35. The molecule has 0 aliphatic rings. The molecule has 0 spiro atoms. The van der Waals surface area contributed by atoms with Crippen LogP contribution in [0.4, 0.5) is 5.82 Å². The van der Waals surface area contributed by atoms with Gasteiger partial charge in [-0.25, -0.2) is 0 Å². The number of rotatable bonds is 6. The van der Waals surface area contributed by atoms with Crippen molar-refractivity contribution in [1.82, 2.24) is 19.8 Å². The van der Waals surface area contributed by atoms with Crippen molar-refractivity contribution in [2.75, 3.05) is 26.1 Å². The van der Waals surface area contributed by atoms with Crippen molar-refractivity contribution in [1.29, 1.82) is 0 Å². The molecule has 1 aromatic carbocycles. The van der Waals surface area contributed by atoms with E-state index in [2.05, 4.69) is 41.4 Å². The van der Waals surface area contributed by atoms with Crippen LogP contribution in [0.2, 0.25) is 0 Å². The lowest BCUT2D eigenvalue weighted by molar-refractivity contribution is 0.354. The molecule has 2 heterocycles. The van der Waals surface area contributed by atoms with Gasteiger partial charge >= 0.3 is 0 Å². The molecule has 26 heavy (non-hydrogen) atoms. The molecule has 0 unspecified atom stereocenters. The summed E-state index contributed by atoms with van der Waals surface area (Å²) in [7, 11) is 3.28. The van der Waals surface area contributed by atoms with Gasteiger partial charge in [0.15, 0.2) is 23.0 Å². The van der Waals surface area contributed by atoms with Crippen molar-refractivity contribution < 1.29 is 9.47 Å². The van der Waals surface area contributed by atoms with Gasteiger partial charge in [-0.2, -0.15) is 4.52 Å². The van der Waals surface area contributed by atoms with Crippen molar-refractivity contribution in [3.63, 3.8) is 0 Å². The van der Waals surface area contributed by atoms with Crippen LogP contribution in [0, 0.1) is 0 Å². The van der Waals surface area contributed by atoms with Gasteiger partial charge in [0.2, 0.25) is 0 Å². The molecule has 7 nitrogen and oxygen atoms in total. The molecule has 0 atom stereocenters. The van der Waals surface area contributed by atoms with Crippen LogP contribution in [0.5, 0.6) is 11.5 Å². The van der Waals surface area contributed by atoms with Crippen molar-refractivity contribution in [3.8, 4) is 11.5 Å². The van der Waals surface area contributed by atoms with E-state index >= 15 is 0 Å². The summed E-state index contributed by atoms with van der Waals surface area (Å²) in [6.45, 7) is 7.05. The highest BCUT2D eigenvalue weighted by Crippen LogP contribution is 2.27. The average molecular weight is 355 g/mol. The molecule has 3 aromatic rings. The first-order valence-electron chi connectivity index (χ1n) is 8.60. The van der Waals surface area contributed by atoms with Gasteiger partial charge in [-0.05, 0) is 36.2 Å². The Hall–Kier alpha value is -2.83. The Balaban J connectivity index is 1.70. The Morgan fingerprint density at radius 1 is 1.00 bits per heavy atom. The topological polar surface area (TPSA) is 73.6 Å². The summed E-state index contributed by atoms with van der Waals surface area (Å²) in [5.74, 6) is 3.11. The summed E-state index contributed by atoms with van der Waals surface area (Å²) in [6.07, 6.45) is 0.842. The quantitative estimate of drug-likeness (QED) is 0.732. The standard InChI is InChI=1S/C19H25N5O2/c1-19(2,3)18-22-21-17-9-8-16(23-24(17)18)20-11-10-13-6-7-14(25-4)15(12-13)26-5/h6-9,12H,10-11H2,1-5H3,(H,20,23). The van der Waals surface area contributed by atoms with Crippen LogP contribution in [0.3, 0.4) is 0 Å². The summed E-state index contributed by atoms with van der Waals surface area (Å²) < 4.78 is 12.4. The van der Waals surface area contributed by atoms with Crippen LogP contribution in [-0.4, -0.2) is 40.6 Å². The fourth-order valence-electron chi connectivity index (χ4n) is 2.72. The number of aromatic nitrogens is 4. The highest BCUT2D eigenvalue weighted by atomic mass is 16.5. The summed E-state index contributed by atoms with van der Waals surface area (Å²) in [6, 6.07) is 9.80. The third kappa shape index (κ3) is 3.71. The fourth-order valence-corrected chi connectivity index (χ4v) is 2.72. The Kier molecular flexibility index (Phi) is 4.97. The number of nitrogens with one attached hydrogen (secondary N) is 1. The van der Waals surface area contributed by atoms with Gasteiger partial charge in [0, 0.05) is 12.0 Å². The van der Waals surface area contributed by atoms with E-state index < -0.39 is 0 Å². The van der Waals surface area contributed by atoms with Crippen molar-refractivity contribution in [2.24, 2.45) is 0 Å². The number of hydrogen-bond donors (Lipinski definition) is 1. The Bertz CT molecular complexity index is 899. The molecule has 0 amide bonds. The van der Waals surface area contributed by atoms with Gasteiger partial charge in [-0.3, -0.25) is 0 Å². The minimum atomic E-state index is -0.120. The fraction of sp³-hybridized carbons (Fsp3) is 0.421. The molecule has 0 bridgehead atoms. The number of nitrogens with zero attached hydrogens (tertiary/aromatic N) is 4. The van der Waals surface area contributed by atoms with Crippen molar-refractivity contribution >= 4 is 11.5 Å². The third-order valence-corrected chi connectivity index (χ3v) is 4.10. The lowest BCUT2D eigenvalue weighted by atomic mass is 9.96. The molecule has 138 valence electrons. The van der Waals surface area contributed by atoms with E-state index in [1.54, 1.807) is 18.7 Å². The maximum Gasteiger partial charge on any atom is 0.178 e. The van der Waals surface area contributed by atoms with Crippen LogP contribution in [0.1, 0.15) is 32.2 Å². The molecule has 3 rings (SSSR count). The van der Waals surface area contributed by atoms with Crippen LogP contribution < -0.4 is 14.8 Å². The molecule has 0 saturated heterocycles. The van der Waals surface area contributed by atoms with Gasteiger partial charge in [0.25, 0.3) is 0 Å². The third-order valence-electron chi connectivity index (χ3n) is 4.10. The SMILES string of the molecule is COc1ccc(CCNc2ccc3nnc(C(C)(C)C)n3n2)cc1OC.